The summed E-state index contributed by atoms with van der Waals surface area (Å²) >= 11 is 12.0. The summed E-state index contributed by atoms with van der Waals surface area (Å²) < 4.78 is 0. The van der Waals surface area contributed by atoms with Crippen molar-refractivity contribution in [2.24, 2.45) is 10.9 Å². The molecule has 0 amide bonds. The number of carbonyl (C=O) groups is 2. The lowest BCUT2D eigenvalue weighted by atomic mass is 9.90. The van der Waals surface area contributed by atoms with E-state index in [-0.39, 0.29) is 17.5 Å². The highest BCUT2D eigenvalue weighted by Crippen LogP contribution is 2.26. The van der Waals surface area contributed by atoms with Crippen LogP contribution in [0.3, 0.4) is 0 Å². The van der Waals surface area contributed by atoms with Crippen molar-refractivity contribution in [2.45, 2.75) is 6.54 Å². The predicted octanol–water partition coefficient (Wildman–Crippen LogP) is 11.3. The molecule has 7 heteroatoms. The Morgan fingerprint density at radius 2 is 1.14 bits per heavy atom. The summed E-state index contributed by atoms with van der Waals surface area (Å²) in [5.74, 6) is 0.680. The number of likely N-dealkylation sites (N-methyl/N-ethyl adjacent to an activating group) is 1. The highest BCUT2D eigenvalue weighted by atomic mass is 35.5. The number of Topliss-reactive ketones (excluding diaryl/α,β-unsaturated/α-hetero) is 2. The highest BCUT2D eigenvalue weighted by molar-refractivity contribution is 6.33. The van der Waals surface area contributed by atoms with E-state index in [9.17, 15) is 9.59 Å². The van der Waals surface area contributed by atoms with E-state index in [0.717, 1.165) is 40.2 Å². The quantitative estimate of drug-likeness (QED) is 0.0933. The summed E-state index contributed by atoms with van der Waals surface area (Å²) in [5, 5.41) is 4.67. The summed E-state index contributed by atoms with van der Waals surface area (Å²) in [4.78, 5) is 33.4. The average molecular weight is 803 g/mol. The van der Waals surface area contributed by atoms with Gasteiger partial charge in [0.1, 0.15) is 5.84 Å². The predicted molar refractivity (Wildman–Crippen MR) is 243 cm³/mol. The second kappa shape index (κ2) is 20.9. The number of hydrogen-bond donors (Lipinski definition) is 1. The number of aliphatic imine (C=N–C) groups is 1. The highest BCUT2D eigenvalue weighted by Gasteiger charge is 2.26. The van der Waals surface area contributed by atoms with Crippen LogP contribution >= 0.6 is 23.2 Å². The first kappa shape index (κ1) is 41.5. The van der Waals surface area contributed by atoms with Crippen molar-refractivity contribution in [3.8, 4) is 0 Å². The zero-order valence-electron chi connectivity index (χ0n) is 32.4. The maximum absolute atomic E-state index is 13.4. The Hall–Kier alpha value is -6.11. The van der Waals surface area contributed by atoms with Gasteiger partial charge in [-0.15, -0.1) is 0 Å². The van der Waals surface area contributed by atoms with E-state index in [0.29, 0.717) is 46.4 Å². The molecule has 58 heavy (non-hydrogen) atoms. The Bertz CT molecular complexity index is 2380. The Morgan fingerprint density at radius 3 is 1.64 bits per heavy atom. The van der Waals surface area contributed by atoms with E-state index in [1.807, 2.05) is 177 Å². The van der Waals surface area contributed by atoms with Crippen LogP contribution < -0.4 is 5.32 Å². The minimum atomic E-state index is -0.207. The molecule has 0 saturated heterocycles. The Balaban J connectivity index is 0.000000196. The molecule has 0 fully saturated rings. The number of carbonyl (C=O) groups excluding carboxylic acids is 2. The van der Waals surface area contributed by atoms with E-state index >= 15 is 0 Å². The maximum atomic E-state index is 13.4. The minimum Gasteiger partial charge on any atom is -0.369 e. The fourth-order valence-corrected chi connectivity index (χ4v) is 6.78. The molecule has 7 rings (SSSR count). The second-order valence-electron chi connectivity index (χ2n) is 14.0. The first-order valence-electron chi connectivity index (χ1n) is 19.1. The SMILES string of the molecule is C=C(CN(C)Cc1ccccc1)C(=O)/C(=C/c1ccc(Cl)cc1)c1ccccc1.O=C(/C(=C/c1ccc(Cl)cc1)c1ccccc1)C1CN=C(c2ccccc2)NC1. The van der Waals surface area contributed by atoms with Crippen molar-refractivity contribution in [1.29, 1.82) is 0 Å². The van der Waals surface area contributed by atoms with E-state index in [4.69, 9.17) is 23.2 Å². The van der Waals surface area contributed by atoms with Gasteiger partial charge in [-0.2, -0.15) is 0 Å². The zero-order chi connectivity index (χ0) is 40.7. The molecule has 1 heterocycles. The van der Waals surface area contributed by atoms with Gasteiger partial charge in [0, 0.05) is 52.0 Å². The molecule has 0 spiro atoms. The summed E-state index contributed by atoms with van der Waals surface area (Å²) in [6, 6.07) is 54.6. The molecule has 0 aliphatic carbocycles. The standard InChI is InChI=1S/C26H24ClNO.C25H21ClN2O/c1-20(18-28(2)19-22-9-5-3-6-10-22)26(29)25(23-11-7-4-8-12-23)17-21-13-15-24(27)16-14-21;26-22-13-11-18(12-14-22)15-23(19-7-3-1-4-8-19)24(29)21-16-27-25(28-17-21)20-9-5-2-6-10-20/h3-17H,1,18-19H2,2H3;1-15,21H,16-17H2,(H,27,28)/b25-17+;23-15+. The molecule has 1 aliphatic heterocycles. The van der Waals surface area contributed by atoms with Crippen LogP contribution in [0.4, 0.5) is 0 Å². The van der Waals surface area contributed by atoms with Crippen LogP contribution in [0.2, 0.25) is 10.0 Å². The van der Waals surface area contributed by atoms with Crippen LogP contribution in [-0.2, 0) is 16.1 Å². The topological polar surface area (TPSA) is 61.8 Å². The largest absolute Gasteiger partial charge is 0.369 e. The van der Waals surface area contributed by atoms with Gasteiger partial charge < -0.3 is 5.32 Å². The van der Waals surface area contributed by atoms with E-state index in [1.54, 1.807) is 0 Å². The zero-order valence-corrected chi connectivity index (χ0v) is 33.9. The van der Waals surface area contributed by atoms with Gasteiger partial charge in [0.05, 0.1) is 12.5 Å². The van der Waals surface area contributed by atoms with Crippen LogP contribution in [0.15, 0.2) is 187 Å². The Morgan fingerprint density at radius 1 is 0.672 bits per heavy atom. The second-order valence-corrected chi connectivity index (χ2v) is 14.9. The summed E-state index contributed by atoms with van der Waals surface area (Å²) in [5.41, 5.74) is 7.78. The third-order valence-corrected chi connectivity index (χ3v) is 10.0. The van der Waals surface area contributed by atoms with Gasteiger partial charge in [0.15, 0.2) is 11.6 Å². The van der Waals surface area contributed by atoms with Crippen molar-refractivity contribution in [2.75, 3.05) is 26.7 Å². The Kier molecular flexibility index (Phi) is 14.9. The van der Waals surface area contributed by atoms with Crippen LogP contribution in [0, 0.1) is 5.92 Å². The fourth-order valence-electron chi connectivity index (χ4n) is 6.53. The van der Waals surface area contributed by atoms with Crippen molar-refractivity contribution < 1.29 is 9.59 Å². The molecule has 0 bridgehead atoms. The van der Waals surface area contributed by atoms with Gasteiger partial charge in [-0.05, 0) is 71.3 Å². The number of nitrogens with zero attached hydrogens (tertiary/aromatic N) is 2. The van der Waals surface area contributed by atoms with Crippen molar-refractivity contribution in [3.63, 3.8) is 0 Å². The summed E-state index contributed by atoms with van der Waals surface area (Å²) in [6.45, 7) is 6.38. The molecule has 5 nitrogen and oxygen atoms in total. The molecule has 1 unspecified atom stereocenters. The molecule has 1 aliphatic rings. The number of halogens is 2. The average Bonchev–Trinajstić information content (AvgIpc) is 3.27. The van der Waals surface area contributed by atoms with Crippen LogP contribution in [0.25, 0.3) is 23.3 Å². The first-order chi connectivity index (χ1) is 28.2. The van der Waals surface area contributed by atoms with Gasteiger partial charge in [0.2, 0.25) is 0 Å². The molecular formula is C51H45Cl2N3O2. The maximum Gasteiger partial charge on any atom is 0.190 e. The van der Waals surface area contributed by atoms with E-state index in [2.05, 4.69) is 33.9 Å². The van der Waals surface area contributed by atoms with Crippen molar-refractivity contribution in [3.05, 3.63) is 225 Å². The van der Waals surface area contributed by atoms with Gasteiger partial charge in [-0.25, -0.2) is 0 Å². The summed E-state index contributed by atoms with van der Waals surface area (Å²) in [7, 11) is 2.00. The Labute approximate surface area is 351 Å². The fraction of sp³-hybridized carbons (Fsp3) is 0.118. The van der Waals surface area contributed by atoms with Crippen molar-refractivity contribution in [1.82, 2.24) is 10.2 Å². The number of amidine groups is 1. The van der Waals surface area contributed by atoms with Gasteiger partial charge >= 0.3 is 0 Å². The molecule has 1 N–H and O–H groups in total. The lowest BCUT2D eigenvalue weighted by molar-refractivity contribution is -0.116. The van der Waals surface area contributed by atoms with Gasteiger partial charge in [-0.3, -0.25) is 19.5 Å². The molecule has 0 aromatic heterocycles. The third kappa shape index (κ3) is 12.0. The number of nitrogens with one attached hydrogen (secondary N) is 1. The van der Waals surface area contributed by atoms with Gasteiger partial charge in [-0.1, -0.05) is 175 Å². The molecule has 0 saturated carbocycles. The number of allylic oxidation sites excluding steroid dienone is 2. The lowest BCUT2D eigenvalue weighted by Crippen LogP contribution is -2.40. The van der Waals surface area contributed by atoms with E-state index < -0.39 is 0 Å². The smallest absolute Gasteiger partial charge is 0.190 e. The molecule has 290 valence electrons. The third-order valence-electron chi connectivity index (χ3n) is 9.52. The van der Waals surface area contributed by atoms with Crippen LogP contribution in [0.5, 0.6) is 0 Å². The monoisotopic (exact) mass is 801 g/mol. The number of rotatable bonds is 13. The summed E-state index contributed by atoms with van der Waals surface area (Å²) in [6.07, 6.45) is 3.83. The molecule has 1 atom stereocenters. The normalized spacial score (nSPS) is 14.1. The van der Waals surface area contributed by atoms with Gasteiger partial charge in [0.25, 0.3) is 0 Å². The van der Waals surface area contributed by atoms with Crippen LogP contribution in [0.1, 0.15) is 33.4 Å². The lowest BCUT2D eigenvalue weighted by Gasteiger charge is -2.23. The molecule has 6 aromatic carbocycles. The molecule has 6 aromatic rings. The molecular weight excluding hydrogens is 757 g/mol. The first-order valence-corrected chi connectivity index (χ1v) is 19.9. The van der Waals surface area contributed by atoms with E-state index in [1.165, 1.54) is 5.56 Å². The molecule has 0 radical (unpaired) electrons. The van der Waals surface area contributed by atoms with Crippen molar-refractivity contribution >= 4 is 63.9 Å². The number of ketones is 2. The number of benzene rings is 6. The number of hydrogen-bond acceptors (Lipinski definition) is 5. The minimum absolute atomic E-state index is 0.0499. The van der Waals surface area contributed by atoms with Crippen LogP contribution in [-0.4, -0.2) is 49.0 Å².